The zero-order valence-corrected chi connectivity index (χ0v) is 20.3. The lowest BCUT2D eigenvalue weighted by atomic mass is 10.1. The van der Waals surface area contributed by atoms with Gasteiger partial charge in [0, 0.05) is 53.2 Å². The van der Waals surface area contributed by atoms with E-state index in [0.717, 1.165) is 33.3 Å². The molecule has 192 valence electrons. The van der Waals surface area contributed by atoms with E-state index in [1.807, 2.05) is 54.7 Å². The van der Waals surface area contributed by atoms with Gasteiger partial charge in [-0.05, 0) is 42.3 Å². The monoisotopic (exact) mass is 515 g/mol. The number of fused-ring (bicyclic) bond motifs is 1. The highest BCUT2D eigenvalue weighted by atomic mass is 19.4. The minimum absolute atomic E-state index is 0.0668. The van der Waals surface area contributed by atoms with Crippen molar-refractivity contribution in [1.29, 1.82) is 0 Å². The number of nitrogens with one attached hydrogen (secondary N) is 3. The molecule has 3 N–H and O–H groups in total. The van der Waals surface area contributed by atoms with Crippen LogP contribution in [-0.2, 0) is 0 Å². The SMILES string of the molecule is C=C(c1cc2ccc(-c3nccc(Nc4ccc(-c5cn[nH]c5)cc4)n3)cc2[nH]1)N1CCC(C(F)(F)F)C1. The molecule has 1 fully saturated rings. The fraction of sp³-hybridized carbons (Fsp3) is 0.179. The van der Waals surface area contributed by atoms with Gasteiger partial charge >= 0.3 is 6.18 Å². The molecule has 0 saturated carbocycles. The number of hydrogen-bond donors (Lipinski definition) is 3. The highest BCUT2D eigenvalue weighted by molar-refractivity contribution is 5.87. The smallest absolute Gasteiger partial charge is 0.370 e. The van der Waals surface area contributed by atoms with Crippen LogP contribution in [0.5, 0.6) is 0 Å². The number of benzene rings is 2. The zero-order chi connectivity index (χ0) is 26.3. The lowest BCUT2D eigenvalue weighted by Gasteiger charge is -2.21. The summed E-state index contributed by atoms with van der Waals surface area (Å²) in [4.78, 5) is 14.1. The zero-order valence-electron chi connectivity index (χ0n) is 20.3. The molecule has 6 rings (SSSR count). The van der Waals surface area contributed by atoms with Crippen LogP contribution in [0.4, 0.5) is 24.7 Å². The molecular formula is C28H24F3N7. The molecule has 1 atom stereocenters. The number of anilines is 2. The maximum Gasteiger partial charge on any atom is 0.393 e. The molecular weight excluding hydrogens is 491 g/mol. The second-order valence-electron chi connectivity index (χ2n) is 9.36. The van der Waals surface area contributed by atoms with Crippen molar-refractivity contribution in [3.05, 3.63) is 85.5 Å². The molecule has 4 heterocycles. The summed E-state index contributed by atoms with van der Waals surface area (Å²) in [6.45, 7) is 4.33. The van der Waals surface area contributed by atoms with Crippen LogP contribution in [0.3, 0.4) is 0 Å². The first kappa shape index (κ1) is 23.8. The summed E-state index contributed by atoms with van der Waals surface area (Å²) in [5, 5.41) is 11.0. The Morgan fingerprint density at radius 1 is 1.03 bits per heavy atom. The second kappa shape index (κ2) is 9.37. The molecule has 0 radical (unpaired) electrons. The topological polar surface area (TPSA) is 85.5 Å². The Kier molecular flexibility index (Phi) is 5.86. The molecule has 1 unspecified atom stereocenters. The third-order valence-electron chi connectivity index (χ3n) is 6.87. The van der Waals surface area contributed by atoms with Crippen LogP contribution < -0.4 is 5.32 Å². The number of aromatic amines is 2. The standard InChI is InChI=1S/C28H24F3N7/c1-17(38-11-9-22(16-38)28(29,30)31)24-12-19-2-3-20(13-25(19)36-24)27-32-10-8-26(37-27)35-23-6-4-18(5-7-23)21-14-33-34-15-21/h2-8,10,12-15,22,36H,1,9,11,16H2,(H,33,34)(H,32,35,37). The molecule has 5 aromatic rings. The summed E-state index contributed by atoms with van der Waals surface area (Å²) < 4.78 is 39.3. The number of H-pyrrole nitrogens is 2. The molecule has 1 aliphatic rings. The first-order valence-electron chi connectivity index (χ1n) is 12.2. The van der Waals surface area contributed by atoms with Crippen molar-refractivity contribution in [3.8, 4) is 22.5 Å². The summed E-state index contributed by atoms with van der Waals surface area (Å²) in [6.07, 6.45) is 1.21. The minimum atomic E-state index is -4.18. The number of halogens is 3. The number of alkyl halides is 3. The van der Waals surface area contributed by atoms with Crippen molar-refractivity contribution in [2.75, 3.05) is 18.4 Å². The van der Waals surface area contributed by atoms with Gasteiger partial charge in [0.25, 0.3) is 0 Å². The van der Waals surface area contributed by atoms with Crippen LogP contribution in [0.2, 0.25) is 0 Å². The fourth-order valence-corrected chi connectivity index (χ4v) is 4.73. The quantitative estimate of drug-likeness (QED) is 0.237. The van der Waals surface area contributed by atoms with E-state index in [0.29, 0.717) is 29.6 Å². The van der Waals surface area contributed by atoms with E-state index in [1.165, 1.54) is 0 Å². The van der Waals surface area contributed by atoms with E-state index < -0.39 is 12.1 Å². The van der Waals surface area contributed by atoms with E-state index in [-0.39, 0.29) is 13.0 Å². The molecule has 10 heteroatoms. The third-order valence-corrected chi connectivity index (χ3v) is 6.87. The molecule has 7 nitrogen and oxygen atoms in total. The van der Waals surface area contributed by atoms with E-state index in [2.05, 4.69) is 37.0 Å². The van der Waals surface area contributed by atoms with Crippen LogP contribution in [0.15, 0.2) is 79.8 Å². The number of likely N-dealkylation sites (tertiary alicyclic amines) is 1. The predicted molar refractivity (Wildman–Crippen MR) is 141 cm³/mol. The van der Waals surface area contributed by atoms with Gasteiger partial charge in [-0.2, -0.15) is 18.3 Å². The molecule has 0 spiro atoms. The van der Waals surface area contributed by atoms with Crippen LogP contribution in [0.25, 0.3) is 39.1 Å². The van der Waals surface area contributed by atoms with Gasteiger partial charge in [-0.1, -0.05) is 30.8 Å². The van der Waals surface area contributed by atoms with Gasteiger partial charge in [0.1, 0.15) is 5.82 Å². The van der Waals surface area contributed by atoms with Gasteiger partial charge in [0.2, 0.25) is 0 Å². The number of hydrogen-bond acceptors (Lipinski definition) is 5. The summed E-state index contributed by atoms with van der Waals surface area (Å²) in [5.41, 5.74) is 5.87. The summed E-state index contributed by atoms with van der Waals surface area (Å²) >= 11 is 0. The molecule has 2 aromatic carbocycles. The van der Waals surface area contributed by atoms with Crippen molar-refractivity contribution >= 4 is 28.1 Å². The summed E-state index contributed by atoms with van der Waals surface area (Å²) in [5.74, 6) is -0.114. The predicted octanol–water partition coefficient (Wildman–Crippen LogP) is 6.61. The van der Waals surface area contributed by atoms with Gasteiger partial charge in [-0.3, -0.25) is 5.10 Å². The second-order valence-corrected chi connectivity index (χ2v) is 9.36. The first-order valence-corrected chi connectivity index (χ1v) is 12.2. The Morgan fingerprint density at radius 3 is 2.58 bits per heavy atom. The normalized spacial score (nSPS) is 15.8. The number of nitrogens with zero attached hydrogens (tertiary/aromatic N) is 4. The van der Waals surface area contributed by atoms with E-state index >= 15 is 0 Å². The Hall–Kier alpha value is -4.60. The van der Waals surface area contributed by atoms with Crippen molar-refractivity contribution in [3.63, 3.8) is 0 Å². The van der Waals surface area contributed by atoms with Crippen LogP contribution in [-0.4, -0.2) is 49.3 Å². The van der Waals surface area contributed by atoms with Gasteiger partial charge < -0.3 is 15.2 Å². The van der Waals surface area contributed by atoms with Crippen molar-refractivity contribution in [2.24, 2.45) is 5.92 Å². The average molecular weight is 516 g/mol. The van der Waals surface area contributed by atoms with Crippen LogP contribution in [0.1, 0.15) is 12.1 Å². The van der Waals surface area contributed by atoms with E-state index in [1.54, 1.807) is 23.4 Å². The molecule has 0 amide bonds. The maximum atomic E-state index is 13.1. The van der Waals surface area contributed by atoms with Gasteiger partial charge in [-0.15, -0.1) is 0 Å². The first-order chi connectivity index (χ1) is 18.3. The lowest BCUT2D eigenvalue weighted by Crippen LogP contribution is -2.26. The molecule has 3 aromatic heterocycles. The van der Waals surface area contributed by atoms with Crippen LogP contribution >= 0.6 is 0 Å². The number of rotatable bonds is 6. The van der Waals surface area contributed by atoms with E-state index in [4.69, 9.17) is 0 Å². The number of aromatic nitrogens is 5. The molecule has 0 bridgehead atoms. The fourth-order valence-electron chi connectivity index (χ4n) is 4.73. The highest BCUT2D eigenvalue weighted by Gasteiger charge is 2.43. The molecule has 1 saturated heterocycles. The molecule has 0 aliphatic carbocycles. The highest BCUT2D eigenvalue weighted by Crippen LogP contribution is 2.36. The molecule has 38 heavy (non-hydrogen) atoms. The molecule has 1 aliphatic heterocycles. The largest absolute Gasteiger partial charge is 0.393 e. The minimum Gasteiger partial charge on any atom is -0.370 e. The average Bonchev–Trinajstić information content (AvgIpc) is 3.69. The van der Waals surface area contributed by atoms with Crippen molar-refractivity contribution < 1.29 is 13.2 Å². The summed E-state index contributed by atoms with van der Waals surface area (Å²) in [7, 11) is 0. The third kappa shape index (κ3) is 4.72. The van der Waals surface area contributed by atoms with Gasteiger partial charge in [0.05, 0.1) is 23.5 Å². The van der Waals surface area contributed by atoms with Gasteiger partial charge in [-0.25, -0.2) is 9.97 Å². The lowest BCUT2D eigenvalue weighted by molar-refractivity contribution is -0.169. The van der Waals surface area contributed by atoms with Crippen molar-refractivity contribution in [2.45, 2.75) is 12.6 Å². The summed E-state index contributed by atoms with van der Waals surface area (Å²) in [6, 6.07) is 17.5. The van der Waals surface area contributed by atoms with Crippen LogP contribution in [0, 0.1) is 5.92 Å². The maximum absolute atomic E-state index is 13.1. The Morgan fingerprint density at radius 2 is 1.84 bits per heavy atom. The Bertz CT molecular complexity index is 1590. The van der Waals surface area contributed by atoms with E-state index in [9.17, 15) is 13.2 Å². The van der Waals surface area contributed by atoms with Gasteiger partial charge in [0.15, 0.2) is 5.82 Å². The Labute approximate surface area is 216 Å². The Balaban J connectivity index is 1.19. The van der Waals surface area contributed by atoms with Crippen molar-refractivity contribution in [1.82, 2.24) is 30.0 Å².